The number of fused-ring (bicyclic) bond motifs is 1. The number of hydrogen-bond acceptors (Lipinski definition) is 7. The molecule has 1 aliphatic heterocycles. The summed E-state index contributed by atoms with van der Waals surface area (Å²) in [6.45, 7) is 12.1. The van der Waals surface area contributed by atoms with Crippen molar-refractivity contribution in [1.29, 1.82) is 0 Å². The fraction of sp³-hybridized carbons (Fsp3) is 0.400. The zero-order valence-corrected chi connectivity index (χ0v) is 27.0. The first-order valence-corrected chi connectivity index (χ1v) is 15.2. The van der Waals surface area contributed by atoms with Gasteiger partial charge in [0.2, 0.25) is 0 Å². The summed E-state index contributed by atoms with van der Waals surface area (Å²) in [5.74, 6) is -0.386. The van der Waals surface area contributed by atoms with Gasteiger partial charge in [0.25, 0.3) is 0 Å². The van der Waals surface area contributed by atoms with Crippen molar-refractivity contribution in [1.82, 2.24) is 29.4 Å². The van der Waals surface area contributed by atoms with E-state index >= 15 is 4.39 Å². The molecule has 43 heavy (non-hydrogen) atoms. The van der Waals surface area contributed by atoms with E-state index in [0.717, 1.165) is 0 Å². The zero-order valence-electron chi connectivity index (χ0n) is 24.6. The molecule has 0 aliphatic carbocycles. The number of carbonyl (C=O) groups is 1. The summed E-state index contributed by atoms with van der Waals surface area (Å²) in [5.41, 5.74) is 1.65. The molecule has 0 bridgehead atoms. The van der Waals surface area contributed by atoms with Crippen LogP contribution >= 0.6 is 27.5 Å². The molecule has 13 heteroatoms. The van der Waals surface area contributed by atoms with Gasteiger partial charge in [0.1, 0.15) is 11.6 Å². The smallest absolute Gasteiger partial charge is 0.407 e. The van der Waals surface area contributed by atoms with Crippen LogP contribution in [0.1, 0.15) is 64.8 Å². The average molecular weight is 673 g/mol. The normalized spacial score (nSPS) is 17.4. The number of carboxylic acid groups (broad SMARTS) is 1. The van der Waals surface area contributed by atoms with Crippen LogP contribution in [0.4, 0.5) is 15.0 Å². The number of rotatable bonds is 5. The van der Waals surface area contributed by atoms with E-state index in [-0.39, 0.29) is 52.4 Å². The number of hydrogen-bond donors (Lipinski definition) is 1. The Kier molecular flexibility index (Phi) is 8.45. The van der Waals surface area contributed by atoms with Crippen LogP contribution in [0.15, 0.2) is 39.9 Å². The third-order valence-electron chi connectivity index (χ3n) is 7.66. The summed E-state index contributed by atoms with van der Waals surface area (Å²) >= 11 is 10.2. The first kappa shape index (κ1) is 30.8. The van der Waals surface area contributed by atoms with Gasteiger partial charge in [-0.1, -0.05) is 51.4 Å². The van der Waals surface area contributed by atoms with Gasteiger partial charge < -0.3 is 14.9 Å². The maximum Gasteiger partial charge on any atom is 0.407 e. The van der Waals surface area contributed by atoms with E-state index in [1.807, 2.05) is 39.5 Å². The van der Waals surface area contributed by atoms with E-state index in [4.69, 9.17) is 16.6 Å². The highest BCUT2D eigenvalue weighted by atomic mass is 79.9. The molecule has 4 aromatic rings. The Bertz CT molecular complexity index is 1770. The Morgan fingerprint density at radius 3 is 2.23 bits per heavy atom. The molecule has 4 heterocycles. The lowest BCUT2D eigenvalue weighted by Gasteiger charge is -2.43. The number of anilines is 1. The zero-order chi connectivity index (χ0) is 31.3. The van der Waals surface area contributed by atoms with Crippen LogP contribution in [0.25, 0.3) is 28.0 Å². The Morgan fingerprint density at radius 1 is 1.02 bits per heavy atom. The van der Waals surface area contributed by atoms with Crippen molar-refractivity contribution in [2.24, 2.45) is 0 Å². The number of aromatic nitrogens is 5. The van der Waals surface area contributed by atoms with E-state index in [1.54, 1.807) is 31.2 Å². The van der Waals surface area contributed by atoms with Gasteiger partial charge in [-0.25, -0.2) is 33.5 Å². The topological polar surface area (TPSA) is 117 Å². The molecular weight excluding hydrogens is 641 g/mol. The Balaban J connectivity index is 1.89. The molecule has 0 saturated carbocycles. The molecule has 10 nitrogen and oxygen atoms in total. The van der Waals surface area contributed by atoms with Crippen LogP contribution in [-0.4, -0.2) is 65.8 Å². The summed E-state index contributed by atoms with van der Waals surface area (Å²) in [6.07, 6.45) is -1.01. The van der Waals surface area contributed by atoms with Gasteiger partial charge in [-0.3, -0.25) is 0 Å². The van der Waals surface area contributed by atoms with Crippen LogP contribution in [0.3, 0.4) is 0 Å². The molecule has 1 aromatic carbocycles. The third kappa shape index (κ3) is 5.58. The molecule has 2 unspecified atom stereocenters. The van der Waals surface area contributed by atoms with Gasteiger partial charge in [-0.05, 0) is 59.8 Å². The van der Waals surface area contributed by atoms with Crippen LogP contribution in [0.5, 0.6) is 0 Å². The first-order chi connectivity index (χ1) is 20.3. The van der Waals surface area contributed by atoms with Gasteiger partial charge in [0.05, 0.1) is 33.2 Å². The number of nitrogens with zero attached hydrogens (tertiary/aromatic N) is 7. The molecule has 3 aromatic heterocycles. The Hall–Kier alpha value is -3.64. The van der Waals surface area contributed by atoms with Crippen LogP contribution < -0.4 is 10.6 Å². The fourth-order valence-electron chi connectivity index (χ4n) is 5.55. The van der Waals surface area contributed by atoms with Gasteiger partial charge in [-0.2, -0.15) is 4.98 Å². The van der Waals surface area contributed by atoms with Crippen molar-refractivity contribution in [2.45, 2.75) is 65.5 Å². The fourth-order valence-corrected chi connectivity index (χ4v) is 6.19. The van der Waals surface area contributed by atoms with Crippen LogP contribution in [0.2, 0.25) is 5.02 Å². The van der Waals surface area contributed by atoms with E-state index in [1.165, 1.54) is 15.5 Å². The number of pyridine rings is 1. The molecule has 1 saturated heterocycles. The number of amides is 1. The SMILES string of the molecule is CC(C)c1nc(Br)nc(C(C)C)c1-n1c(=O)nc(N2CC(C)N(C(=O)O)CC2C)c2cc(Cl)c(-c3ccccc3F)nc21. The summed E-state index contributed by atoms with van der Waals surface area (Å²) in [7, 11) is 0. The van der Waals surface area contributed by atoms with Crippen molar-refractivity contribution in [3.05, 3.63) is 67.8 Å². The molecule has 226 valence electrons. The third-order valence-corrected chi connectivity index (χ3v) is 8.30. The highest BCUT2D eigenvalue weighted by molar-refractivity contribution is 9.10. The van der Waals surface area contributed by atoms with Crippen molar-refractivity contribution in [3.8, 4) is 16.9 Å². The maximum atomic E-state index is 15.0. The Morgan fingerprint density at radius 2 is 1.65 bits per heavy atom. The molecular formula is C30H32BrClFN7O3. The van der Waals surface area contributed by atoms with Gasteiger partial charge in [0, 0.05) is 30.7 Å². The minimum absolute atomic E-state index is 0.100. The largest absolute Gasteiger partial charge is 0.465 e. The number of piperazine rings is 1. The number of halogens is 3. The standard InChI is InChI=1S/C30H32BrClFN7O3/c1-14(2)22-25(23(15(3)4)36-28(31)35-22)40-27-19(11-20(32)24(34-27)18-9-7-8-10-21(18)33)26(37-29(40)41)38-12-17(6)39(30(42)43)13-16(38)5/h7-11,14-17H,12-13H2,1-6H3,(H,42,43). The van der Waals surface area contributed by atoms with E-state index in [0.29, 0.717) is 39.6 Å². The molecule has 2 atom stereocenters. The second-order valence-corrected chi connectivity index (χ2v) is 12.5. The lowest BCUT2D eigenvalue weighted by Crippen LogP contribution is -2.58. The maximum absolute atomic E-state index is 15.0. The lowest BCUT2D eigenvalue weighted by atomic mass is 10.0. The van der Waals surface area contributed by atoms with Gasteiger partial charge in [0.15, 0.2) is 10.4 Å². The van der Waals surface area contributed by atoms with Crippen LogP contribution in [0, 0.1) is 5.82 Å². The number of benzene rings is 1. The van der Waals surface area contributed by atoms with E-state index in [2.05, 4.69) is 30.9 Å². The van der Waals surface area contributed by atoms with Crippen molar-refractivity contribution in [2.75, 3.05) is 18.0 Å². The minimum atomic E-state index is -1.01. The van der Waals surface area contributed by atoms with E-state index in [9.17, 15) is 14.7 Å². The predicted molar refractivity (Wildman–Crippen MR) is 168 cm³/mol. The molecule has 0 radical (unpaired) electrons. The molecule has 1 amide bonds. The summed E-state index contributed by atoms with van der Waals surface area (Å²) < 4.78 is 16.8. The molecule has 1 N–H and O–H groups in total. The monoisotopic (exact) mass is 671 g/mol. The highest BCUT2D eigenvalue weighted by Crippen LogP contribution is 2.37. The van der Waals surface area contributed by atoms with Crippen molar-refractivity contribution < 1.29 is 14.3 Å². The second-order valence-electron chi connectivity index (χ2n) is 11.4. The molecule has 5 rings (SSSR count). The average Bonchev–Trinajstić information content (AvgIpc) is 2.93. The predicted octanol–water partition coefficient (Wildman–Crippen LogP) is 6.62. The minimum Gasteiger partial charge on any atom is -0.465 e. The lowest BCUT2D eigenvalue weighted by molar-refractivity contribution is 0.114. The summed E-state index contributed by atoms with van der Waals surface area (Å²) in [4.78, 5) is 48.0. The summed E-state index contributed by atoms with van der Waals surface area (Å²) in [5, 5.41) is 10.3. The highest BCUT2D eigenvalue weighted by Gasteiger charge is 2.35. The molecule has 0 spiro atoms. The first-order valence-electron chi connectivity index (χ1n) is 14.0. The quantitative estimate of drug-likeness (QED) is 0.235. The van der Waals surface area contributed by atoms with Crippen molar-refractivity contribution >= 4 is 50.5 Å². The van der Waals surface area contributed by atoms with Crippen LogP contribution in [-0.2, 0) is 0 Å². The van der Waals surface area contributed by atoms with E-state index < -0.39 is 17.6 Å². The molecule has 1 fully saturated rings. The van der Waals surface area contributed by atoms with Gasteiger partial charge >= 0.3 is 11.8 Å². The molecule has 1 aliphatic rings. The second kappa shape index (κ2) is 11.8. The van der Waals surface area contributed by atoms with Gasteiger partial charge in [-0.15, -0.1) is 0 Å². The van der Waals surface area contributed by atoms with Crippen molar-refractivity contribution in [3.63, 3.8) is 0 Å². The summed E-state index contributed by atoms with van der Waals surface area (Å²) in [6, 6.07) is 7.14. The Labute approximate surface area is 261 Å².